The van der Waals surface area contributed by atoms with Crippen LogP contribution in [0.15, 0.2) is 11.1 Å². The van der Waals surface area contributed by atoms with Gasteiger partial charge in [-0.05, 0) is 99.0 Å². The van der Waals surface area contributed by atoms with E-state index in [0.717, 1.165) is 49.5 Å². The molecule has 0 aromatic heterocycles. The molecule has 1 spiro atoms. The maximum absolute atomic E-state index is 12.2. The summed E-state index contributed by atoms with van der Waals surface area (Å²) < 4.78 is 7.03. The summed E-state index contributed by atoms with van der Waals surface area (Å²) in [6.45, 7) is 11.0. The van der Waals surface area contributed by atoms with Gasteiger partial charge in [-0.1, -0.05) is 26.3 Å². The zero-order valence-corrected chi connectivity index (χ0v) is 19.5. The number of rotatable bonds is 0. The van der Waals surface area contributed by atoms with E-state index in [1.165, 1.54) is 38.5 Å². The van der Waals surface area contributed by atoms with Crippen LogP contribution in [-0.2, 0) is 9.53 Å². The molecule has 2 aliphatic heterocycles. The predicted molar refractivity (Wildman–Crippen MR) is 119 cm³/mol. The van der Waals surface area contributed by atoms with Crippen molar-refractivity contribution in [2.45, 2.75) is 103 Å². The van der Waals surface area contributed by atoms with Gasteiger partial charge in [0, 0.05) is 24.8 Å². The third-order valence-electron chi connectivity index (χ3n) is 11.3. The van der Waals surface area contributed by atoms with Crippen LogP contribution in [0.2, 0.25) is 0 Å². The fraction of sp³-hybridized carbons (Fsp3) is 0.889. The Morgan fingerprint density at radius 3 is 2.77 bits per heavy atom. The van der Waals surface area contributed by atoms with Gasteiger partial charge in [-0.2, -0.15) is 0 Å². The molecule has 6 aliphatic rings. The van der Waals surface area contributed by atoms with Gasteiger partial charge >= 0.3 is 0 Å². The molecule has 3 heteroatoms. The molecule has 2 saturated heterocycles. The summed E-state index contributed by atoms with van der Waals surface area (Å²) in [6.07, 6.45) is 10.9. The second kappa shape index (κ2) is 6.67. The van der Waals surface area contributed by atoms with Gasteiger partial charge in [-0.25, -0.2) is 0 Å². The highest BCUT2D eigenvalue weighted by molar-refractivity contribution is 5.79. The van der Waals surface area contributed by atoms with Crippen molar-refractivity contribution in [1.82, 2.24) is 5.32 Å². The van der Waals surface area contributed by atoms with E-state index in [4.69, 9.17) is 4.74 Å². The van der Waals surface area contributed by atoms with Gasteiger partial charge in [0.05, 0.1) is 11.7 Å². The summed E-state index contributed by atoms with van der Waals surface area (Å²) in [5.74, 6) is 4.91. The molecule has 2 heterocycles. The molecule has 4 aliphatic carbocycles. The molecule has 30 heavy (non-hydrogen) atoms. The third-order valence-corrected chi connectivity index (χ3v) is 11.3. The molecule has 166 valence electrons. The van der Waals surface area contributed by atoms with Crippen molar-refractivity contribution in [2.75, 3.05) is 6.54 Å². The van der Waals surface area contributed by atoms with Crippen LogP contribution in [0.1, 0.15) is 85.5 Å². The Morgan fingerprint density at radius 2 is 1.93 bits per heavy atom. The number of carbonyl (C=O) groups is 1. The van der Waals surface area contributed by atoms with Crippen molar-refractivity contribution in [3.63, 3.8) is 0 Å². The number of ketones is 1. The quantitative estimate of drug-likeness (QED) is 0.551. The Kier molecular flexibility index (Phi) is 4.44. The van der Waals surface area contributed by atoms with Gasteiger partial charge in [-0.15, -0.1) is 0 Å². The third kappa shape index (κ3) is 2.54. The molecular weight excluding hydrogens is 370 g/mol. The Balaban J connectivity index is 1.33. The van der Waals surface area contributed by atoms with Gasteiger partial charge in [0.2, 0.25) is 0 Å². The van der Waals surface area contributed by atoms with Gasteiger partial charge < -0.3 is 10.1 Å². The van der Waals surface area contributed by atoms with Crippen molar-refractivity contribution in [3.8, 4) is 0 Å². The number of fused-ring (bicyclic) bond motifs is 6. The van der Waals surface area contributed by atoms with Crippen LogP contribution in [0.3, 0.4) is 0 Å². The predicted octanol–water partition coefficient (Wildman–Crippen LogP) is 5.29. The lowest BCUT2D eigenvalue weighted by Gasteiger charge is -2.52. The van der Waals surface area contributed by atoms with Gasteiger partial charge in [0.1, 0.15) is 5.78 Å². The summed E-state index contributed by atoms with van der Waals surface area (Å²) in [7, 11) is 0. The molecule has 0 bridgehead atoms. The van der Waals surface area contributed by atoms with Crippen LogP contribution in [0.5, 0.6) is 0 Å². The first-order valence-corrected chi connectivity index (χ1v) is 13.0. The Bertz CT molecular complexity index is 788. The Morgan fingerprint density at radius 1 is 1.10 bits per heavy atom. The lowest BCUT2D eigenvalue weighted by atomic mass is 9.52. The molecule has 3 nitrogen and oxygen atoms in total. The summed E-state index contributed by atoms with van der Waals surface area (Å²) >= 11 is 0. The summed E-state index contributed by atoms with van der Waals surface area (Å²) in [4.78, 5) is 12.2. The van der Waals surface area contributed by atoms with E-state index >= 15 is 0 Å². The van der Waals surface area contributed by atoms with Crippen molar-refractivity contribution in [2.24, 2.45) is 40.9 Å². The van der Waals surface area contributed by atoms with Crippen LogP contribution in [0, 0.1) is 40.9 Å². The second-order valence-corrected chi connectivity index (χ2v) is 12.4. The molecule has 0 aromatic carbocycles. The second-order valence-electron chi connectivity index (χ2n) is 12.4. The summed E-state index contributed by atoms with van der Waals surface area (Å²) in [6, 6.07) is 0.531. The van der Waals surface area contributed by atoms with Crippen molar-refractivity contribution in [3.05, 3.63) is 11.1 Å². The number of carbonyl (C=O) groups excluding carboxylic acids is 1. The first-order valence-electron chi connectivity index (χ1n) is 13.0. The molecule has 0 amide bonds. The number of nitrogens with one attached hydrogen (secondary N) is 1. The molecule has 6 rings (SSSR count). The maximum Gasteiger partial charge on any atom is 0.133 e. The van der Waals surface area contributed by atoms with E-state index in [2.05, 4.69) is 33.0 Å². The van der Waals surface area contributed by atoms with Crippen molar-refractivity contribution >= 4 is 5.78 Å². The zero-order chi connectivity index (χ0) is 20.8. The van der Waals surface area contributed by atoms with E-state index in [1.807, 2.05) is 0 Å². The van der Waals surface area contributed by atoms with Gasteiger partial charge in [0.15, 0.2) is 0 Å². The Labute approximate surface area is 182 Å². The molecule has 4 unspecified atom stereocenters. The number of ether oxygens (including phenoxy) is 1. The normalized spacial score (nSPS) is 55.3. The van der Waals surface area contributed by atoms with Crippen LogP contribution < -0.4 is 5.32 Å². The highest BCUT2D eigenvalue weighted by Crippen LogP contribution is 2.66. The van der Waals surface area contributed by atoms with Crippen molar-refractivity contribution in [1.29, 1.82) is 0 Å². The summed E-state index contributed by atoms with van der Waals surface area (Å²) in [5.41, 5.74) is 3.78. The molecule has 0 aromatic rings. The SMILES string of the molecule is CC1=C2C[C@H]3C(CC[C@@H]4CC(=O)CCC43C)[C@@H]2CC[C@]12O[C@@H]1CC(C)CNC1[C@H]2C. The number of Topliss-reactive ketones (excluding diaryl/α,β-unsaturated/α-hetero) is 1. The molecular formula is C27H41NO2. The molecule has 3 saturated carbocycles. The fourth-order valence-electron chi connectivity index (χ4n) is 9.49. The van der Waals surface area contributed by atoms with E-state index in [9.17, 15) is 4.79 Å². The van der Waals surface area contributed by atoms with Crippen LogP contribution >= 0.6 is 0 Å². The molecule has 10 atom stereocenters. The minimum absolute atomic E-state index is 0.0193. The van der Waals surface area contributed by atoms with Crippen LogP contribution in [0.25, 0.3) is 0 Å². The Hall–Kier alpha value is -0.670. The van der Waals surface area contributed by atoms with E-state index in [-0.39, 0.29) is 5.60 Å². The maximum atomic E-state index is 12.2. The van der Waals surface area contributed by atoms with Gasteiger partial charge in [-0.3, -0.25) is 4.79 Å². The largest absolute Gasteiger partial charge is 0.365 e. The smallest absolute Gasteiger partial charge is 0.133 e. The topological polar surface area (TPSA) is 38.3 Å². The van der Waals surface area contributed by atoms with Crippen molar-refractivity contribution < 1.29 is 9.53 Å². The fourth-order valence-corrected chi connectivity index (χ4v) is 9.49. The minimum atomic E-state index is -0.0193. The zero-order valence-electron chi connectivity index (χ0n) is 19.5. The monoisotopic (exact) mass is 411 g/mol. The van der Waals surface area contributed by atoms with E-state index < -0.39 is 0 Å². The summed E-state index contributed by atoms with van der Waals surface area (Å²) in [5, 5.41) is 3.85. The minimum Gasteiger partial charge on any atom is -0.365 e. The van der Waals surface area contributed by atoms with E-state index in [0.29, 0.717) is 35.2 Å². The lowest BCUT2D eigenvalue weighted by molar-refractivity contribution is -0.129. The first-order chi connectivity index (χ1) is 14.3. The number of hydrogen-bond donors (Lipinski definition) is 1. The average Bonchev–Trinajstić information content (AvgIpc) is 3.23. The number of allylic oxidation sites excluding steroid dienone is 1. The molecule has 5 fully saturated rings. The first kappa shape index (κ1) is 20.0. The van der Waals surface area contributed by atoms with E-state index in [1.54, 1.807) is 11.1 Å². The molecule has 1 N–H and O–H groups in total. The highest BCUT2D eigenvalue weighted by atomic mass is 16.5. The number of hydrogen-bond acceptors (Lipinski definition) is 3. The standard InChI is InChI=1S/C27H41NO2/c1-15-11-24-25(28-14-15)17(3)27(30-24)10-8-20-21-6-5-18-12-19(29)7-9-26(18,4)23(21)13-22(20)16(27)2/h15,17-18,20-21,23-25,28H,5-14H2,1-4H3/t15?,17-,18-,20+,21?,23+,24-,25?,26?,27+/m1/s1. The average molecular weight is 412 g/mol. The lowest BCUT2D eigenvalue weighted by Crippen LogP contribution is -2.49. The molecule has 0 radical (unpaired) electrons. The van der Waals surface area contributed by atoms with Crippen LogP contribution in [0.4, 0.5) is 0 Å². The highest BCUT2D eigenvalue weighted by Gasteiger charge is 2.61. The van der Waals surface area contributed by atoms with Crippen LogP contribution in [-0.4, -0.2) is 30.1 Å². The van der Waals surface area contributed by atoms with Gasteiger partial charge in [0.25, 0.3) is 0 Å². The number of piperidine rings is 1.